The number of hydrogen-bond acceptors (Lipinski definition) is 3. The van der Waals surface area contributed by atoms with E-state index in [0.29, 0.717) is 30.7 Å². The van der Waals surface area contributed by atoms with Gasteiger partial charge in [-0.2, -0.15) is 0 Å². The Balaban J connectivity index is 0.00000208. The molecule has 0 bridgehead atoms. The Morgan fingerprint density at radius 3 is 2.75 bits per heavy atom. The third-order valence-electron chi connectivity index (χ3n) is 4.22. The number of carbonyl (C=O) groups excluding carboxylic acids is 1. The van der Waals surface area contributed by atoms with Gasteiger partial charge in [-0.25, -0.2) is 4.39 Å². The highest BCUT2D eigenvalue weighted by Gasteiger charge is 2.36. The van der Waals surface area contributed by atoms with E-state index in [9.17, 15) is 14.3 Å². The van der Waals surface area contributed by atoms with E-state index in [0.717, 1.165) is 25.9 Å². The molecule has 24 heavy (non-hydrogen) atoms. The topological polar surface area (TPSA) is 68.2 Å². The van der Waals surface area contributed by atoms with Gasteiger partial charge >= 0.3 is 0 Å². The fourth-order valence-electron chi connectivity index (χ4n) is 2.81. The van der Waals surface area contributed by atoms with Gasteiger partial charge in [-0.1, -0.05) is 6.07 Å². The molecule has 1 aromatic rings. The number of phenolic OH excluding ortho intramolecular Hbond substituents is 1. The van der Waals surface area contributed by atoms with Crippen LogP contribution < -0.4 is 5.32 Å². The summed E-state index contributed by atoms with van der Waals surface area (Å²) in [6.45, 7) is 2.16. The van der Waals surface area contributed by atoms with Crippen molar-refractivity contribution in [1.29, 1.82) is 0 Å². The molecule has 2 N–H and O–H groups in total. The van der Waals surface area contributed by atoms with E-state index < -0.39 is 5.82 Å². The average Bonchev–Trinajstić information content (AvgIpc) is 3.36. The number of aromatic hydroxyl groups is 1. The third-order valence-corrected chi connectivity index (χ3v) is 4.22. The van der Waals surface area contributed by atoms with Crippen molar-refractivity contribution in [3.63, 3.8) is 0 Å². The van der Waals surface area contributed by atoms with Crippen LogP contribution in [0.25, 0.3) is 0 Å². The van der Waals surface area contributed by atoms with Crippen LogP contribution in [0.4, 0.5) is 4.39 Å². The molecule has 1 saturated heterocycles. The first kappa shape index (κ1) is 18.8. The minimum absolute atomic E-state index is 0. The normalized spacial score (nSPS) is 18.4. The number of guanidine groups is 1. The molecule has 1 aromatic carbocycles. The van der Waals surface area contributed by atoms with Crippen LogP contribution in [-0.2, 0) is 11.3 Å². The number of halogens is 2. The number of phenols is 1. The Bertz CT molecular complexity index is 637. The molecule has 6 nitrogen and oxygen atoms in total. The first-order valence-electron chi connectivity index (χ1n) is 7.81. The molecule has 0 aromatic heterocycles. The Labute approximate surface area is 157 Å². The minimum atomic E-state index is -0.646. The fraction of sp³-hybridized carbons (Fsp3) is 0.500. The van der Waals surface area contributed by atoms with Crippen molar-refractivity contribution in [3.05, 3.63) is 29.6 Å². The van der Waals surface area contributed by atoms with Crippen molar-refractivity contribution in [3.8, 4) is 5.75 Å². The van der Waals surface area contributed by atoms with E-state index in [-0.39, 0.29) is 35.6 Å². The molecular formula is C16H22FIN4O2. The van der Waals surface area contributed by atoms with Gasteiger partial charge in [-0.3, -0.25) is 9.79 Å². The van der Waals surface area contributed by atoms with Gasteiger partial charge in [0.25, 0.3) is 0 Å². The molecule has 132 valence electrons. The van der Waals surface area contributed by atoms with Gasteiger partial charge in [0.2, 0.25) is 5.91 Å². The highest BCUT2D eigenvalue weighted by molar-refractivity contribution is 14.0. The van der Waals surface area contributed by atoms with Crippen molar-refractivity contribution in [2.45, 2.75) is 25.4 Å². The van der Waals surface area contributed by atoms with Crippen LogP contribution in [0.1, 0.15) is 18.4 Å². The molecule has 0 spiro atoms. The standard InChI is InChI=1S/C16H21FN4O2.HI/c1-18-16(19-9-11-2-5-14(22)13(17)8-11)20-6-7-21(12-3-4-12)15(23)10-20;/h2,5,8,12,22H,3-4,6-7,9-10H2,1H3,(H,18,19);1H. The van der Waals surface area contributed by atoms with Crippen LogP contribution in [0.15, 0.2) is 23.2 Å². The summed E-state index contributed by atoms with van der Waals surface area (Å²) in [5, 5.41) is 12.3. The Kier molecular flexibility index (Phi) is 6.25. The van der Waals surface area contributed by atoms with Crippen molar-refractivity contribution in [2.75, 3.05) is 26.7 Å². The van der Waals surface area contributed by atoms with Gasteiger partial charge < -0.3 is 20.2 Å². The number of piperazine rings is 1. The zero-order chi connectivity index (χ0) is 16.4. The lowest BCUT2D eigenvalue weighted by atomic mass is 10.2. The van der Waals surface area contributed by atoms with Crippen LogP contribution in [0.5, 0.6) is 5.75 Å². The van der Waals surface area contributed by atoms with Crippen molar-refractivity contribution in [2.24, 2.45) is 4.99 Å². The smallest absolute Gasteiger partial charge is 0.242 e. The van der Waals surface area contributed by atoms with Crippen LogP contribution in [0.3, 0.4) is 0 Å². The second kappa shape index (κ2) is 8.00. The maximum Gasteiger partial charge on any atom is 0.242 e. The van der Waals surface area contributed by atoms with Crippen molar-refractivity contribution in [1.82, 2.24) is 15.1 Å². The highest BCUT2D eigenvalue weighted by atomic mass is 127. The van der Waals surface area contributed by atoms with Crippen molar-refractivity contribution < 1.29 is 14.3 Å². The van der Waals surface area contributed by atoms with Crippen LogP contribution in [-0.4, -0.2) is 59.5 Å². The number of amides is 1. The summed E-state index contributed by atoms with van der Waals surface area (Å²) in [5.74, 6) is -0.243. The first-order valence-corrected chi connectivity index (χ1v) is 7.81. The number of hydrogen-bond donors (Lipinski definition) is 2. The van der Waals surface area contributed by atoms with E-state index in [4.69, 9.17) is 0 Å². The first-order chi connectivity index (χ1) is 11.1. The maximum atomic E-state index is 13.3. The number of carbonyl (C=O) groups is 1. The van der Waals surface area contributed by atoms with Crippen molar-refractivity contribution >= 4 is 35.8 Å². The summed E-state index contributed by atoms with van der Waals surface area (Å²) in [7, 11) is 1.66. The summed E-state index contributed by atoms with van der Waals surface area (Å²) in [6.07, 6.45) is 2.23. The summed E-state index contributed by atoms with van der Waals surface area (Å²) in [4.78, 5) is 20.3. The molecule has 0 unspecified atom stereocenters. The molecule has 3 rings (SSSR count). The maximum absolute atomic E-state index is 13.3. The van der Waals surface area contributed by atoms with E-state index in [1.165, 1.54) is 12.1 Å². The highest BCUT2D eigenvalue weighted by Crippen LogP contribution is 2.28. The lowest BCUT2D eigenvalue weighted by molar-refractivity contribution is -0.135. The van der Waals surface area contributed by atoms with Crippen LogP contribution in [0, 0.1) is 5.82 Å². The Morgan fingerprint density at radius 1 is 1.42 bits per heavy atom. The summed E-state index contributed by atoms with van der Waals surface area (Å²) >= 11 is 0. The van der Waals surface area contributed by atoms with Crippen LogP contribution >= 0.6 is 24.0 Å². The number of rotatable bonds is 3. The molecule has 1 saturated carbocycles. The second-order valence-corrected chi connectivity index (χ2v) is 5.93. The average molecular weight is 448 g/mol. The van der Waals surface area contributed by atoms with E-state index in [2.05, 4.69) is 10.3 Å². The number of aliphatic imine (C=N–C) groups is 1. The van der Waals surface area contributed by atoms with E-state index in [1.54, 1.807) is 13.1 Å². The molecular weight excluding hydrogens is 426 g/mol. The zero-order valence-corrected chi connectivity index (χ0v) is 15.9. The zero-order valence-electron chi connectivity index (χ0n) is 13.5. The molecule has 1 heterocycles. The molecule has 8 heteroatoms. The van der Waals surface area contributed by atoms with Gasteiger partial charge in [0, 0.05) is 32.7 Å². The minimum Gasteiger partial charge on any atom is -0.505 e. The number of benzene rings is 1. The quantitative estimate of drug-likeness (QED) is 0.418. The summed E-state index contributed by atoms with van der Waals surface area (Å²) in [5.41, 5.74) is 0.699. The molecule has 1 amide bonds. The molecule has 1 aliphatic carbocycles. The summed E-state index contributed by atoms with van der Waals surface area (Å²) in [6, 6.07) is 4.70. The molecule has 1 aliphatic heterocycles. The van der Waals surface area contributed by atoms with E-state index >= 15 is 0 Å². The van der Waals surface area contributed by atoms with Gasteiger partial charge in [0.15, 0.2) is 17.5 Å². The van der Waals surface area contributed by atoms with E-state index in [1.807, 2.05) is 9.80 Å². The fourth-order valence-corrected chi connectivity index (χ4v) is 2.81. The lowest BCUT2D eigenvalue weighted by Gasteiger charge is -2.36. The van der Waals surface area contributed by atoms with Gasteiger partial charge in [0.05, 0.1) is 6.54 Å². The number of nitrogens with one attached hydrogen (secondary N) is 1. The largest absolute Gasteiger partial charge is 0.505 e. The van der Waals surface area contributed by atoms with Crippen LogP contribution in [0.2, 0.25) is 0 Å². The second-order valence-electron chi connectivity index (χ2n) is 5.93. The summed E-state index contributed by atoms with van der Waals surface area (Å²) < 4.78 is 13.3. The molecule has 0 radical (unpaired) electrons. The van der Waals surface area contributed by atoms with Gasteiger partial charge in [-0.05, 0) is 30.5 Å². The molecule has 2 aliphatic rings. The monoisotopic (exact) mass is 448 g/mol. The molecule has 2 fully saturated rings. The van der Waals surface area contributed by atoms with Gasteiger partial charge in [-0.15, -0.1) is 24.0 Å². The third kappa shape index (κ3) is 4.28. The predicted octanol–water partition coefficient (Wildman–Crippen LogP) is 1.53. The van der Waals surface area contributed by atoms with Gasteiger partial charge in [0.1, 0.15) is 0 Å². The SMILES string of the molecule is CN=C(NCc1ccc(O)c(F)c1)N1CCN(C2CC2)C(=O)C1.I. The predicted molar refractivity (Wildman–Crippen MR) is 100.0 cm³/mol. The molecule has 0 atom stereocenters. The Hall–Kier alpha value is -1.58. The Morgan fingerprint density at radius 2 is 2.17 bits per heavy atom. The number of nitrogens with zero attached hydrogens (tertiary/aromatic N) is 3. The lowest BCUT2D eigenvalue weighted by Crippen LogP contribution is -2.55.